The van der Waals surface area contributed by atoms with Gasteiger partial charge in [0.05, 0.1) is 0 Å². The Morgan fingerprint density at radius 3 is 1.39 bits per heavy atom. The third kappa shape index (κ3) is 3.95. The van der Waals surface area contributed by atoms with Crippen molar-refractivity contribution in [3.05, 3.63) is 127 Å². The summed E-state index contributed by atoms with van der Waals surface area (Å²) in [6, 6.07) is 37.7. The second-order valence-corrected chi connectivity index (χ2v) is 14.6. The zero-order valence-electron chi connectivity index (χ0n) is 17.2. The van der Waals surface area contributed by atoms with E-state index in [1.807, 2.05) is 18.2 Å². The highest BCUT2D eigenvalue weighted by molar-refractivity contribution is 14.1. The van der Waals surface area contributed by atoms with Crippen LogP contribution in [0.2, 0.25) is 0 Å². The van der Waals surface area contributed by atoms with Crippen molar-refractivity contribution in [2.45, 2.75) is 16.2 Å². The maximum atomic E-state index is 13.6. The summed E-state index contributed by atoms with van der Waals surface area (Å²) in [5.74, 6) is -0.304. The maximum absolute atomic E-state index is 13.6. The van der Waals surface area contributed by atoms with Crippen LogP contribution in [0.1, 0.15) is 18.6 Å². The van der Waals surface area contributed by atoms with Crippen molar-refractivity contribution in [3.8, 4) is 0 Å². The lowest BCUT2D eigenvalue weighted by atomic mass is 10.1. The molecular weight excluding hydrogens is 517 g/mol. The molecule has 4 heteroatoms. The third-order valence-electron chi connectivity index (χ3n) is 5.77. The van der Waals surface area contributed by atoms with E-state index in [2.05, 4.69) is 102 Å². The molecule has 0 aliphatic heterocycles. The first-order valence-electron chi connectivity index (χ1n) is 10.2. The van der Waals surface area contributed by atoms with Crippen molar-refractivity contribution < 1.29 is 9.50 Å². The molecule has 0 radical (unpaired) electrons. The SMILES string of the molecule is CC(I)(C(O)c1ccc(F)cc1)[P+](c1ccccc1)(c1ccccc1)c1ccccc1. The summed E-state index contributed by atoms with van der Waals surface area (Å²) in [5, 5.41) is 15.4. The van der Waals surface area contributed by atoms with Gasteiger partial charge >= 0.3 is 0 Å². The van der Waals surface area contributed by atoms with Crippen molar-refractivity contribution >= 4 is 45.8 Å². The summed E-state index contributed by atoms with van der Waals surface area (Å²) in [6.07, 6.45) is -0.803. The van der Waals surface area contributed by atoms with Crippen LogP contribution in [-0.2, 0) is 0 Å². The minimum Gasteiger partial charge on any atom is -0.383 e. The summed E-state index contributed by atoms with van der Waals surface area (Å²) in [5.41, 5.74) is 0.713. The molecule has 0 saturated heterocycles. The van der Waals surface area contributed by atoms with E-state index in [9.17, 15) is 9.50 Å². The lowest BCUT2D eigenvalue weighted by Crippen LogP contribution is -2.45. The molecule has 0 bridgehead atoms. The van der Waals surface area contributed by atoms with Crippen LogP contribution in [-0.4, -0.2) is 8.27 Å². The number of alkyl halides is 1. The van der Waals surface area contributed by atoms with E-state index in [0.717, 1.165) is 0 Å². The fourth-order valence-corrected chi connectivity index (χ4v) is 11.9. The van der Waals surface area contributed by atoms with Crippen molar-refractivity contribution in [1.29, 1.82) is 0 Å². The largest absolute Gasteiger partial charge is 0.383 e. The molecule has 2 unspecified atom stereocenters. The minimum absolute atomic E-state index is 0.304. The number of rotatable bonds is 6. The van der Waals surface area contributed by atoms with E-state index in [1.54, 1.807) is 12.1 Å². The second-order valence-electron chi connectivity index (χ2n) is 7.66. The Morgan fingerprint density at radius 1 is 0.677 bits per heavy atom. The molecule has 4 aromatic rings. The first kappa shape index (κ1) is 22.1. The van der Waals surface area contributed by atoms with Crippen LogP contribution in [0.4, 0.5) is 4.39 Å². The second kappa shape index (κ2) is 9.20. The quantitative estimate of drug-likeness (QED) is 0.180. The van der Waals surface area contributed by atoms with Gasteiger partial charge in [-0.05, 0) is 83.6 Å². The van der Waals surface area contributed by atoms with Crippen LogP contribution >= 0.6 is 29.9 Å². The molecule has 0 amide bonds. The first-order chi connectivity index (χ1) is 15.0. The Bertz CT molecular complexity index is 1020. The highest BCUT2D eigenvalue weighted by Gasteiger charge is 2.62. The van der Waals surface area contributed by atoms with Crippen molar-refractivity contribution in [2.24, 2.45) is 0 Å². The highest BCUT2D eigenvalue weighted by Crippen LogP contribution is 2.72. The van der Waals surface area contributed by atoms with E-state index in [-0.39, 0.29) is 5.82 Å². The predicted molar refractivity (Wildman–Crippen MR) is 139 cm³/mol. The Morgan fingerprint density at radius 2 is 1.03 bits per heavy atom. The molecule has 2 atom stereocenters. The molecule has 31 heavy (non-hydrogen) atoms. The molecule has 0 aliphatic rings. The van der Waals surface area contributed by atoms with Gasteiger partial charge in [0.2, 0.25) is 0 Å². The van der Waals surface area contributed by atoms with E-state index in [0.29, 0.717) is 5.56 Å². The van der Waals surface area contributed by atoms with E-state index < -0.39 is 16.5 Å². The van der Waals surface area contributed by atoms with Gasteiger partial charge in [0.25, 0.3) is 0 Å². The summed E-state index contributed by atoms with van der Waals surface area (Å²) >= 11 is 2.44. The normalized spacial score (nSPS) is 14.6. The van der Waals surface area contributed by atoms with Crippen molar-refractivity contribution in [3.63, 3.8) is 0 Å². The smallest absolute Gasteiger partial charge is 0.170 e. The Kier molecular flexibility index (Phi) is 6.57. The zero-order chi connectivity index (χ0) is 21.9. The monoisotopic (exact) mass is 541 g/mol. The van der Waals surface area contributed by atoms with Gasteiger partial charge in [-0.15, -0.1) is 0 Å². The third-order valence-corrected chi connectivity index (χ3v) is 13.3. The summed E-state index contributed by atoms with van der Waals surface area (Å²) in [4.78, 5) is 0. The van der Waals surface area contributed by atoms with Crippen LogP contribution in [0.15, 0.2) is 115 Å². The highest BCUT2D eigenvalue weighted by atomic mass is 127. The Balaban J connectivity index is 2.05. The van der Waals surface area contributed by atoms with Gasteiger partial charge in [0, 0.05) is 0 Å². The van der Waals surface area contributed by atoms with Gasteiger partial charge < -0.3 is 5.11 Å². The molecule has 1 N–H and O–H groups in total. The van der Waals surface area contributed by atoms with Crippen molar-refractivity contribution in [2.75, 3.05) is 0 Å². The van der Waals surface area contributed by atoms with Crippen molar-refractivity contribution in [1.82, 2.24) is 0 Å². The number of hydrogen-bond acceptors (Lipinski definition) is 1. The van der Waals surface area contributed by atoms with E-state index in [1.165, 1.54) is 28.0 Å². The van der Waals surface area contributed by atoms with E-state index in [4.69, 9.17) is 0 Å². The van der Waals surface area contributed by atoms with Gasteiger partial charge in [-0.3, -0.25) is 0 Å². The molecule has 0 aromatic heterocycles. The molecule has 0 aliphatic carbocycles. The molecule has 4 rings (SSSR count). The van der Waals surface area contributed by atoms with Gasteiger partial charge in [0.15, 0.2) is 3.16 Å². The number of aliphatic hydroxyl groups is 1. The minimum atomic E-state index is -2.35. The average Bonchev–Trinajstić information content (AvgIpc) is 2.81. The van der Waals surface area contributed by atoms with Gasteiger partial charge in [-0.1, -0.05) is 66.7 Å². The van der Waals surface area contributed by atoms with Crippen LogP contribution in [0, 0.1) is 5.82 Å². The number of halogens is 2. The average molecular weight is 541 g/mol. The molecule has 1 nitrogen and oxygen atoms in total. The van der Waals surface area contributed by atoms with Gasteiger partial charge in [-0.25, -0.2) is 4.39 Å². The van der Waals surface area contributed by atoms with Gasteiger partial charge in [0.1, 0.15) is 35.1 Å². The van der Waals surface area contributed by atoms with Crippen LogP contribution in [0.3, 0.4) is 0 Å². The lowest BCUT2D eigenvalue weighted by Gasteiger charge is -2.41. The standard InChI is InChI=1S/C27H24FIOP/c1-27(29,26(30)21-17-19-22(28)20-18-21)31(23-11-5-2-6-12-23,24-13-7-3-8-14-24)25-15-9-4-10-16-25/h2-20,26,30H,1H3/q+1. The van der Waals surface area contributed by atoms with E-state index >= 15 is 0 Å². The predicted octanol–water partition coefficient (Wildman–Crippen LogP) is 6.00. The molecule has 156 valence electrons. The molecule has 4 aromatic carbocycles. The summed E-state index contributed by atoms with van der Waals surface area (Å²) in [6.45, 7) is 2.13. The zero-order valence-corrected chi connectivity index (χ0v) is 20.2. The maximum Gasteiger partial charge on any atom is 0.170 e. The Labute approximate surface area is 197 Å². The number of hydrogen-bond donors (Lipinski definition) is 1. The molecule has 0 heterocycles. The fourth-order valence-electron chi connectivity index (χ4n) is 4.29. The van der Waals surface area contributed by atoms with Crippen LogP contribution in [0.25, 0.3) is 0 Å². The Hall–Kier alpha value is -2.07. The molecule has 0 fully saturated rings. The van der Waals surface area contributed by atoms with Gasteiger partial charge in [-0.2, -0.15) is 0 Å². The topological polar surface area (TPSA) is 20.2 Å². The summed E-state index contributed by atoms with van der Waals surface area (Å²) in [7, 11) is -2.35. The summed E-state index contributed by atoms with van der Waals surface area (Å²) < 4.78 is 13.0. The first-order valence-corrected chi connectivity index (χ1v) is 13.0. The molecule has 0 saturated carbocycles. The molecule has 0 spiro atoms. The molecular formula is C27H24FIOP+. The fraction of sp³-hybridized carbons (Fsp3) is 0.111. The lowest BCUT2D eigenvalue weighted by molar-refractivity contribution is 0.172. The van der Waals surface area contributed by atoms with Crippen LogP contribution in [0.5, 0.6) is 0 Å². The number of benzene rings is 4. The van der Waals surface area contributed by atoms with Crippen LogP contribution < -0.4 is 15.9 Å². The number of aliphatic hydroxyl groups excluding tert-OH is 1.